The molecule has 1 fully saturated rings. The van der Waals surface area contributed by atoms with Crippen molar-refractivity contribution < 1.29 is 14.3 Å². The minimum absolute atomic E-state index is 0.101. The predicted molar refractivity (Wildman–Crippen MR) is 62.0 cm³/mol. The van der Waals surface area contributed by atoms with Crippen molar-refractivity contribution in [2.24, 2.45) is 5.92 Å². The normalized spacial score (nSPS) is 18.2. The lowest BCUT2D eigenvalue weighted by Crippen LogP contribution is -2.38. The van der Waals surface area contributed by atoms with E-state index in [0.29, 0.717) is 5.92 Å². The van der Waals surface area contributed by atoms with Crippen molar-refractivity contribution in [3.8, 4) is 0 Å². The van der Waals surface area contributed by atoms with E-state index < -0.39 is 5.60 Å². The average molecular weight is 226 g/mol. The van der Waals surface area contributed by atoms with Crippen LogP contribution in [0.1, 0.15) is 59.3 Å². The standard InChI is InChI=1S/C13H22O3/c1-10(14)9-12(15)16-13(2,3)11-7-5-4-6-8-11/h11H,4-9H2,1-3H3. The fourth-order valence-electron chi connectivity index (χ4n) is 2.41. The molecule has 0 bridgehead atoms. The topological polar surface area (TPSA) is 43.4 Å². The van der Waals surface area contributed by atoms with Crippen LogP contribution in [0.5, 0.6) is 0 Å². The van der Waals surface area contributed by atoms with E-state index in [-0.39, 0.29) is 18.2 Å². The Morgan fingerprint density at radius 3 is 2.25 bits per heavy atom. The lowest BCUT2D eigenvalue weighted by molar-refractivity contribution is -0.163. The lowest BCUT2D eigenvalue weighted by Gasteiger charge is -2.36. The van der Waals surface area contributed by atoms with Crippen LogP contribution in [0.4, 0.5) is 0 Å². The Kier molecular flexibility index (Phi) is 4.51. The fourth-order valence-corrected chi connectivity index (χ4v) is 2.41. The summed E-state index contributed by atoms with van der Waals surface area (Å²) in [6.45, 7) is 5.33. The van der Waals surface area contributed by atoms with Crippen molar-refractivity contribution in [2.75, 3.05) is 0 Å². The Balaban J connectivity index is 2.48. The Bertz CT molecular complexity index is 262. The molecule has 92 valence electrons. The number of ketones is 1. The Labute approximate surface area is 97.5 Å². The Hall–Kier alpha value is -0.860. The molecule has 0 radical (unpaired) electrons. The minimum atomic E-state index is -0.424. The summed E-state index contributed by atoms with van der Waals surface area (Å²) in [5.74, 6) is -0.0790. The number of hydrogen-bond acceptors (Lipinski definition) is 3. The van der Waals surface area contributed by atoms with Crippen LogP contribution < -0.4 is 0 Å². The highest BCUT2D eigenvalue weighted by Crippen LogP contribution is 2.34. The van der Waals surface area contributed by atoms with Crippen molar-refractivity contribution in [3.63, 3.8) is 0 Å². The van der Waals surface area contributed by atoms with Crippen LogP contribution in [-0.2, 0) is 14.3 Å². The number of rotatable bonds is 4. The smallest absolute Gasteiger partial charge is 0.313 e. The van der Waals surface area contributed by atoms with Gasteiger partial charge in [0, 0.05) is 0 Å². The molecule has 3 nitrogen and oxygen atoms in total. The number of carbonyl (C=O) groups excluding carboxylic acids is 2. The van der Waals surface area contributed by atoms with Crippen molar-refractivity contribution in [2.45, 2.75) is 64.9 Å². The third kappa shape index (κ3) is 3.95. The average Bonchev–Trinajstić information content (AvgIpc) is 2.16. The molecule has 0 N–H and O–H groups in total. The third-order valence-electron chi connectivity index (χ3n) is 3.36. The molecule has 16 heavy (non-hydrogen) atoms. The summed E-state index contributed by atoms with van der Waals surface area (Å²) in [6, 6.07) is 0. The Morgan fingerprint density at radius 1 is 1.19 bits per heavy atom. The van der Waals surface area contributed by atoms with Crippen LogP contribution in [0, 0.1) is 5.92 Å². The molecule has 1 rings (SSSR count). The zero-order valence-corrected chi connectivity index (χ0v) is 10.5. The van der Waals surface area contributed by atoms with Crippen LogP contribution in [0.15, 0.2) is 0 Å². The molecule has 1 aliphatic carbocycles. The molecule has 0 atom stereocenters. The van der Waals surface area contributed by atoms with Gasteiger partial charge in [0.25, 0.3) is 0 Å². The highest BCUT2D eigenvalue weighted by atomic mass is 16.6. The van der Waals surface area contributed by atoms with Crippen molar-refractivity contribution in [3.05, 3.63) is 0 Å². The molecule has 0 aromatic heterocycles. The van der Waals surface area contributed by atoms with E-state index in [1.807, 2.05) is 13.8 Å². The predicted octanol–water partition coefficient (Wildman–Crippen LogP) is 2.87. The summed E-state index contributed by atoms with van der Waals surface area (Å²) in [7, 11) is 0. The van der Waals surface area contributed by atoms with Gasteiger partial charge in [-0.3, -0.25) is 9.59 Å². The number of hydrogen-bond donors (Lipinski definition) is 0. The third-order valence-corrected chi connectivity index (χ3v) is 3.36. The van der Waals surface area contributed by atoms with Gasteiger partial charge in [0.1, 0.15) is 17.8 Å². The largest absolute Gasteiger partial charge is 0.459 e. The van der Waals surface area contributed by atoms with Crippen LogP contribution in [-0.4, -0.2) is 17.4 Å². The van der Waals surface area contributed by atoms with Crippen molar-refractivity contribution >= 4 is 11.8 Å². The summed E-state index contributed by atoms with van der Waals surface area (Å²) in [6.07, 6.45) is 5.88. The lowest BCUT2D eigenvalue weighted by atomic mass is 9.79. The number of ether oxygens (including phenoxy) is 1. The van der Waals surface area contributed by atoms with Crippen LogP contribution in [0.3, 0.4) is 0 Å². The maximum atomic E-state index is 11.5. The van der Waals surface area contributed by atoms with Crippen LogP contribution in [0.2, 0.25) is 0 Å². The van der Waals surface area contributed by atoms with Gasteiger partial charge in [-0.2, -0.15) is 0 Å². The van der Waals surface area contributed by atoms with Gasteiger partial charge in [-0.05, 0) is 39.5 Å². The maximum Gasteiger partial charge on any atom is 0.313 e. The highest BCUT2D eigenvalue weighted by molar-refractivity contribution is 5.94. The summed E-state index contributed by atoms with van der Waals surface area (Å²) in [5.41, 5.74) is -0.424. The van der Waals surface area contributed by atoms with E-state index in [1.54, 1.807) is 0 Å². The summed E-state index contributed by atoms with van der Waals surface area (Å²) >= 11 is 0. The molecule has 0 unspecified atom stereocenters. The van der Waals surface area contributed by atoms with E-state index in [0.717, 1.165) is 12.8 Å². The molecular formula is C13H22O3. The van der Waals surface area contributed by atoms with Crippen LogP contribution >= 0.6 is 0 Å². The van der Waals surface area contributed by atoms with Gasteiger partial charge in [-0.15, -0.1) is 0 Å². The zero-order chi connectivity index (χ0) is 12.2. The van der Waals surface area contributed by atoms with E-state index in [1.165, 1.54) is 26.2 Å². The van der Waals surface area contributed by atoms with E-state index >= 15 is 0 Å². The first-order chi connectivity index (χ1) is 7.42. The zero-order valence-electron chi connectivity index (χ0n) is 10.5. The molecule has 1 saturated carbocycles. The molecule has 3 heteroatoms. The molecule has 1 aliphatic rings. The van der Waals surface area contributed by atoms with E-state index in [2.05, 4.69) is 0 Å². The summed E-state index contributed by atoms with van der Waals surface area (Å²) in [4.78, 5) is 22.3. The SMILES string of the molecule is CC(=O)CC(=O)OC(C)(C)C1CCCCC1. The molecular weight excluding hydrogens is 204 g/mol. The molecule has 0 aliphatic heterocycles. The van der Waals surface area contributed by atoms with E-state index in [4.69, 9.17) is 4.74 Å². The van der Waals surface area contributed by atoms with Gasteiger partial charge in [-0.25, -0.2) is 0 Å². The molecule has 0 aromatic rings. The van der Waals surface area contributed by atoms with Gasteiger partial charge >= 0.3 is 5.97 Å². The van der Waals surface area contributed by atoms with Crippen molar-refractivity contribution in [1.82, 2.24) is 0 Å². The first-order valence-corrected chi connectivity index (χ1v) is 6.13. The monoisotopic (exact) mass is 226 g/mol. The first kappa shape index (κ1) is 13.2. The summed E-state index contributed by atoms with van der Waals surface area (Å²) in [5, 5.41) is 0. The maximum absolute atomic E-state index is 11.5. The second kappa shape index (κ2) is 5.46. The van der Waals surface area contributed by atoms with E-state index in [9.17, 15) is 9.59 Å². The highest BCUT2D eigenvalue weighted by Gasteiger charge is 2.34. The molecule has 0 heterocycles. The van der Waals surface area contributed by atoms with Crippen LogP contribution in [0.25, 0.3) is 0 Å². The Morgan fingerprint density at radius 2 is 1.75 bits per heavy atom. The van der Waals surface area contributed by atoms with Gasteiger partial charge in [0.15, 0.2) is 0 Å². The molecule has 0 aromatic carbocycles. The second-order valence-electron chi connectivity index (χ2n) is 5.29. The molecule has 0 spiro atoms. The van der Waals surface area contributed by atoms with Gasteiger partial charge in [0.2, 0.25) is 0 Å². The molecule has 0 amide bonds. The minimum Gasteiger partial charge on any atom is -0.459 e. The number of carbonyl (C=O) groups is 2. The number of Topliss-reactive ketones (excluding diaryl/α,β-unsaturated/α-hetero) is 1. The van der Waals surface area contributed by atoms with Gasteiger partial charge in [0.05, 0.1) is 0 Å². The summed E-state index contributed by atoms with van der Waals surface area (Å²) < 4.78 is 5.43. The molecule has 0 saturated heterocycles. The second-order valence-corrected chi connectivity index (χ2v) is 5.29. The number of esters is 1. The van der Waals surface area contributed by atoms with Gasteiger partial charge in [-0.1, -0.05) is 19.3 Å². The first-order valence-electron chi connectivity index (χ1n) is 6.13. The van der Waals surface area contributed by atoms with Crippen molar-refractivity contribution in [1.29, 1.82) is 0 Å². The van der Waals surface area contributed by atoms with Gasteiger partial charge < -0.3 is 4.74 Å². The quantitative estimate of drug-likeness (QED) is 0.547. The fraction of sp³-hybridized carbons (Fsp3) is 0.846.